The minimum absolute atomic E-state index is 0.947. The molecule has 0 heterocycles. The number of hydrogen-bond acceptors (Lipinski definition) is 2. The van der Waals surface area contributed by atoms with Gasteiger partial charge in [-0.1, -0.05) is 118 Å². The zero-order chi connectivity index (χ0) is 29.7. The molecule has 0 N–H and O–H groups in total. The van der Waals surface area contributed by atoms with E-state index in [1.165, 1.54) is 80.0 Å². The van der Waals surface area contributed by atoms with Gasteiger partial charge in [0.15, 0.2) is 0 Å². The molecule has 0 aliphatic heterocycles. The number of unbranched alkanes of at least 4 members (excludes halogenated alkanes) is 10. The van der Waals surface area contributed by atoms with E-state index in [4.69, 9.17) is 9.98 Å². The van der Waals surface area contributed by atoms with Crippen molar-refractivity contribution in [1.29, 1.82) is 0 Å². The maximum Gasteiger partial charge on any atom is 0.0848 e. The lowest BCUT2D eigenvalue weighted by Gasteiger charge is -2.11. The molecule has 0 bridgehead atoms. The monoisotopic (exact) mass is 556 g/mol. The molecule has 2 aromatic carbocycles. The summed E-state index contributed by atoms with van der Waals surface area (Å²) in [5.41, 5.74) is 9.91. The molecule has 0 aliphatic rings. The Morgan fingerprint density at radius 2 is 1.02 bits per heavy atom. The second kappa shape index (κ2) is 21.3. The third-order valence-corrected chi connectivity index (χ3v) is 8.23. The van der Waals surface area contributed by atoms with E-state index >= 15 is 0 Å². The van der Waals surface area contributed by atoms with E-state index in [0.29, 0.717) is 0 Å². The minimum atomic E-state index is 0.947. The van der Waals surface area contributed by atoms with Gasteiger partial charge in [0.05, 0.1) is 22.8 Å². The summed E-state index contributed by atoms with van der Waals surface area (Å²) in [7, 11) is 0. The molecule has 2 heteroatoms. The van der Waals surface area contributed by atoms with Crippen LogP contribution in [0.2, 0.25) is 0 Å². The van der Waals surface area contributed by atoms with Crippen LogP contribution in [0.3, 0.4) is 0 Å². The first-order valence-electron chi connectivity index (χ1n) is 17.2. The second-order valence-corrected chi connectivity index (χ2v) is 11.5. The molecule has 226 valence electrons. The van der Waals surface area contributed by atoms with Gasteiger partial charge in [-0.3, -0.25) is 4.99 Å². The number of aliphatic imine (C=N–C) groups is 2. The zero-order valence-corrected chi connectivity index (χ0v) is 27.5. The van der Waals surface area contributed by atoms with Crippen molar-refractivity contribution in [3.63, 3.8) is 0 Å². The van der Waals surface area contributed by atoms with Crippen molar-refractivity contribution in [2.24, 2.45) is 9.98 Å². The highest BCUT2D eigenvalue weighted by atomic mass is 14.8. The molecule has 0 amide bonds. The predicted molar refractivity (Wildman–Crippen MR) is 185 cm³/mol. The lowest BCUT2D eigenvalue weighted by molar-refractivity contribution is 0.566. The molecule has 0 saturated heterocycles. The third kappa shape index (κ3) is 12.9. The van der Waals surface area contributed by atoms with E-state index < -0.39 is 0 Å². The Kier molecular flexibility index (Phi) is 18.0. The van der Waals surface area contributed by atoms with Crippen molar-refractivity contribution in [1.82, 2.24) is 0 Å². The van der Waals surface area contributed by atoms with Crippen LogP contribution in [0.25, 0.3) is 0 Å². The van der Waals surface area contributed by atoms with E-state index in [1.54, 1.807) is 0 Å². The fraction of sp³-hybridized carbons (Fsp3) is 0.590. The first-order chi connectivity index (χ1) is 20.1. The SMILES string of the molecule is CCCCCCCCCCC/C=C/C(=Nc1ccc(CC)c(CC)c1)C(CCCC)=Nc1ccc(CC)c(CC)c1. The van der Waals surface area contributed by atoms with Gasteiger partial charge in [0.2, 0.25) is 0 Å². The van der Waals surface area contributed by atoms with Gasteiger partial charge in [-0.05, 0) is 104 Å². The Balaban J connectivity index is 2.29. The molecule has 2 rings (SSSR count). The average Bonchev–Trinajstić information content (AvgIpc) is 3.01. The highest BCUT2D eigenvalue weighted by molar-refractivity contribution is 6.47. The Labute approximate surface area is 253 Å². The highest BCUT2D eigenvalue weighted by Gasteiger charge is 2.10. The first kappa shape index (κ1) is 34.7. The summed E-state index contributed by atoms with van der Waals surface area (Å²) in [6, 6.07) is 13.5. The average molecular weight is 557 g/mol. The van der Waals surface area contributed by atoms with Gasteiger partial charge in [-0.15, -0.1) is 0 Å². The smallest absolute Gasteiger partial charge is 0.0848 e. The van der Waals surface area contributed by atoms with Crippen LogP contribution < -0.4 is 0 Å². The number of hydrogen-bond donors (Lipinski definition) is 0. The maximum atomic E-state index is 5.26. The van der Waals surface area contributed by atoms with E-state index in [0.717, 1.165) is 74.2 Å². The molecular weight excluding hydrogens is 496 g/mol. The van der Waals surface area contributed by atoms with Crippen LogP contribution in [0, 0.1) is 0 Å². The van der Waals surface area contributed by atoms with Crippen molar-refractivity contribution in [2.45, 2.75) is 151 Å². The van der Waals surface area contributed by atoms with Crippen LogP contribution in [0.15, 0.2) is 58.5 Å². The van der Waals surface area contributed by atoms with E-state index in [-0.39, 0.29) is 0 Å². The fourth-order valence-electron chi connectivity index (χ4n) is 5.56. The van der Waals surface area contributed by atoms with Gasteiger partial charge in [0, 0.05) is 0 Å². The van der Waals surface area contributed by atoms with E-state index in [9.17, 15) is 0 Å². The molecule has 0 fully saturated rings. The molecule has 0 atom stereocenters. The third-order valence-electron chi connectivity index (χ3n) is 8.23. The summed E-state index contributed by atoms with van der Waals surface area (Å²) < 4.78 is 0. The van der Waals surface area contributed by atoms with Crippen LogP contribution in [-0.2, 0) is 25.7 Å². The Hall–Kier alpha value is -2.48. The van der Waals surface area contributed by atoms with Crippen molar-refractivity contribution in [3.8, 4) is 0 Å². The lowest BCUT2D eigenvalue weighted by atomic mass is 10.0. The summed E-state index contributed by atoms with van der Waals surface area (Å²) in [5, 5.41) is 0. The Morgan fingerprint density at radius 1 is 0.537 bits per heavy atom. The topological polar surface area (TPSA) is 24.7 Å². The van der Waals surface area contributed by atoms with Crippen LogP contribution in [0.1, 0.15) is 147 Å². The van der Waals surface area contributed by atoms with Gasteiger partial charge < -0.3 is 0 Å². The van der Waals surface area contributed by atoms with Crippen LogP contribution in [0.5, 0.6) is 0 Å². The number of nitrogens with zero attached hydrogens (tertiary/aromatic N) is 2. The van der Waals surface area contributed by atoms with Gasteiger partial charge >= 0.3 is 0 Å². The van der Waals surface area contributed by atoms with Gasteiger partial charge in [-0.25, -0.2) is 4.99 Å². The zero-order valence-electron chi connectivity index (χ0n) is 27.5. The molecule has 41 heavy (non-hydrogen) atoms. The van der Waals surface area contributed by atoms with Crippen molar-refractivity contribution in [3.05, 3.63) is 70.8 Å². The molecular formula is C39H60N2. The molecule has 0 spiro atoms. The molecule has 0 unspecified atom stereocenters. The van der Waals surface area contributed by atoms with Crippen LogP contribution >= 0.6 is 0 Å². The minimum Gasteiger partial charge on any atom is -0.251 e. The molecule has 2 aromatic rings. The van der Waals surface area contributed by atoms with Crippen molar-refractivity contribution in [2.75, 3.05) is 0 Å². The van der Waals surface area contributed by atoms with Crippen LogP contribution in [-0.4, -0.2) is 11.4 Å². The fourth-order valence-corrected chi connectivity index (χ4v) is 5.56. The summed E-state index contributed by atoms with van der Waals surface area (Å²) in [5.74, 6) is 0. The van der Waals surface area contributed by atoms with E-state index in [1.807, 2.05) is 0 Å². The molecule has 0 aliphatic carbocycles. The highest BCUT2D eigenvalue weighted by Crippen LogP contribution is 2.24. The summed E-state index contributed by atoms with van der Waals surface area (Å²) in [4.78, 5) is 10.5. The number of rotatable bonds is 21. The predicted octanol–water partition coefficient (Wildman–Crippen LogP) is 12.4. The summed E-state index contributed by atoms with van der Waals surface area (Å²) in [6.45, 7) is 13.5. The standard InChI is InChI=1S/C39H60N2/c1-7-13-15-16-17-18-19-20-21-22-23-25-39(41-37-29-27-33(10-4)35(12-6)31-37)38(24-14-8-2)40-36-28-26-32(9-3)34(11-5)30-36/h23,25-31H,7-22,24H2,1-6H3/b25-23+,40-38?,41-39?. The van der Waals surface area contributed by atoms with Crippen molar-refractivity contribution < 1.29 is 0 Å². The number of benzene rings is 2. The summed E-state index contributed by atoms with van der Waals surface area (Å²) in [6.07, 6.45) is 25.4. The van der Waals surface area contributed by atoms with Gasteiger partial charge in [0.25, 0.3) is 0 Å². The molecule has 2 nitrogen and oxygen atoms in total. The number of aryl methyl sites for hydroxylation is 4. The lowest BCUT2D eigenvalue weighted by Crippen LogP contribution is -2.12. The molecule has 0 radical (unpaired) electrons. The maximum absolute atomic E-state index is 5.26. The quantitative estimate of drug-likeness (QED) is 0.108. The first-order valence-corrected chi connectivity index (χ1v) is 17.2. The molecule has 0 saturated carbocycles. The Bertz CT molecular complexity index is 1090. The normalized spacial score (nSPS) is 12.5. The second-order valence-electron chi connectivity index (χ2n) is 11.5. The number of allylic oxidation sites excluding steroid dienone is 2. The van der Waals surface area contributed by atoms with Gasteiger partial charge in [0.1, 0.15) is 0 Å². The largest absolute Gasteiger partial charge is 0.251 e. The van der Waals surface area contributed by atoms with Crippen LogP contribution in [0.4, 0.5) is 11.4 Å². The van der Waals surface area contributed by atoms with E-state index in [2.05, 4.69) is 90.1 Å². The Morgan fingerprint density at radius 3 is 1.54 bits per heavy atom. The van der Waals surface area contributed by atoms with Gasteiger partial charge in [-0.2, -0.15) is 0 Å². The van der Waals surface area contributed by atoms with Crippen molar-refractivity contribution >= 4 is 22.8 Å². The molecule has 0 aromatic heterocycles. The summed E-state index contributed by atoms with van der Waals surface area (Å²) >= 11 is 0.